The van der Waals surface area contributed by atoms with Gasteiger partial charge in [0.25, 0.3) is 0 Å². The summed E-state index contributed by atoms with van der Waals surface area (Å²) in [4.78, 5) is 0. The fourth-order valence-corrected chi connectivity index (χ4v) is 4.25. The molecule has 1 heterocycles. The number of hydrogen-bond donors (Lipinski definition) is 0. The zero-order chi connectivity index (χ0) is 12.2. The van der Waals surface area contributed by atoms with Crippen molar-refractivity contribution in [3.05, 3.63) is 0 Å². The first-order chi connectivity index (χ1) is 7.49. The molecule has 1 rings (SSSR count). The van der Waals surface area contributed by atoms with Crippen molar-refractivity contribution in [3.63, 3.8) is 0 Å². The maximum absolute atomic E-state index is 12.1. The van der Waals surface area contributed by atoms with Gasteiger partial charge in [0.2, 0.25) is 10.0 Å². The summed E-state index contributed by atoms with van der Waals surface area (Å²) in [6, 6.07) is 0. The number of piperidine rings is 1. The number of nitrogens with zero attached hydrogens (tertiary/aromatic N) is 1. The van der Waals surface area contributed by atoms with Gasteiger partial charge in [0, 0.05) is 19.0 Å². The second kappa shape index (κ2) is 6.22. The lowest BCUT2D eigenvalue weighted by Gasteiger charge is -2.32. The highest BCUT2D eigenvalue weighted by Gasteiger charge is 2.28. The molecule has 0 aromatic rings. The standard InChI is InChI=1S/C11H22ClNO2S/c1-3-11-5-4-6-13(8-11)16(14,15)9-10(2)7-12/h10-11H,3-9H2,1-2H3. The molecule has 16 heavy (non-hydrogen) atoms. The molecule has 0 aromatic heterocycles. The third-order valence-corrected chi connectivity index (χ3v) is 5.85. The first-order valence-electron chi connectivity index (χ1n) is 6.03. The third kappa shape index (κ3) is 3.90. The fourth-order valence-electron chi connectivity index (χ4n) is 2.12. The van der Waals surface area contributed by atoms with Gasteiger partial charge in [-0.1, -0.05) is 20.3 Å². The van der Waals surface area contributed by atoms with Crippen LogP contribution in [0.3, 0.4) is 0 Å². The Balaban J connectivity index is 2.61. The lowest BCUT2D eigenvalue weighted by molar-refractivity contribution is 0.260. The van der Waals surface area contributed by atoms with Crippen molar-refractivity contribution in [3.8, 4) is 0 Å². The smallest absolute Gasteiger partial charge is 0.212 e. The van der Waals surface area contributed by atoms with Crippen molar-refractivity contribution in [2.24, 2.45) is 11.8 Å². The maximum atomic E-state index is 12.1. The first kappa shape index (κ1) is 14.3. The average molecular weight is 268 g/mol. The normalized spacial score (nSPS) is 25.6. The fraction of sp³-hybridized carbons (Fsp3) is 1.00. The predicted molar refractivity (Wildman–Crippen MR) is 68.3 cm³/mol. The second-order valence-electron chi connectivity index (χ2n) is 4.81. The largest absolute Gasteiger partial charge is 0.214 e. The van der Waals surface area contributed by atoms with Gasteiger partial charge >= 0.3 is 0 Å². The molecule has 1 aliphatic heterocycles. The van der Waals surface area contributed by atoms with E-state index in [1.54, 1.807) is 4.31 Å². The Bertz CT molecular complexity index is 305. The SMILES string of the molecule is CCC1CCCN(S(=O)(=O)CC(C)CCl)C1. The van der Waals surface area contributed by atoms with Gasteiger partial charge in [-0.05, 0) is 24.7 Å². The van der Waals surface area contributed by atoms with E-state index < -0.39 is 10.0 Å². The van der Waals surface area contributed by atoms with Crippen LogP contribution in [0.25, 0.3) is 0 Å². The van der Waals surface area contributed by atoms with E-state index in [4.69, 9.17) is 11.6 Å². The van der Waals surface area contributed by atoms with Crippen LogP contribution < -0.4 is 0 Å². The minimum atomic E-state index is -3.09. The van der Waals surface area contributed by atoms with Crippen LogP contribution in [0.5, 0.6) is 0 Å². The van der Waals surface area contributed by atoms with Gasteiger partial charge in [0.1, 0.15) is 0 Å². The molecule has 5 heteroatoms. The monoisotopic (exact) mass is 267 g/mol. The van der Waals surface area contributed by atoms with Crippen molar-refractivity contribution in [1.29, 1.82) is 0 Å². The Morgan fingerprint density at radius 3 is 2.75 bits per heavy atom. The molecule has 0 bridgehead atoms. The van der Waals surface area contributed by atoms with Crippen LogP contribution in [0.4, 0.5) is 0 Å². The molecule has 1 aliphatic rings. The minimum Gasteiger partial charge on any atom is -0.212 e. The summed E-state index contributed by atoms with van der Waals surface area (Å²) in [5.41, 5.74) is 0. The van der Waals surface area contributed by atoms with Crippen LogP contribution >= 0.6 is 11.6 Å². The zero-order valence-corrected chi connectivity index (χ0v) is 11.7. The van der Waals surface area contributed by atoms with Gasteiger partial charge < -0.3 is 0 Å². The molecule has 96 valence electrons. The van der Waals surface area contributed by atoms with E-state index in [0.717, 1.165) is 19.3 Å². The van der Waals surface area contributed by atoms with Gasteiger partial charge in [-0.25, -0.2) is 12.7 Å². The summed E-state index contributed by atoms with van der Waals surface area (Å²) in [7, 11) is -3.09. The van der Waals surface area contributed by atoms with Crippen LogP contribution in [0.1, 0.15) is 33.1 Å². The van der Waals surface area contributed by atoms with Crippen molar-refractivity contribution in [2.45, 2.75) is 33.1 Å². The molecule has 0 amide bonds. The van der Waals surface area contributed by atoms with E-state index in [9.17, 15) is 8.42 Å². The highest BCUT2D eigenvalue weighted by Crippen LogP contribution is 2.22. The molecule has 3 nitrogen and oxygen atoms in total. The lowest BCUT2D eigenvalue weighted by Crippen LogP contribution is -2.42. The molecule has 1 fully saturated rings. The van der Waals surface area contributed by atoms with E-state index >= 15 is 0 Å². The van der Waals surface area contributed by atoms with Crippen LogP contribution in [-0.4, -0.2) is 37.4 Å². The summed E-state index contributed by atoms with van der Waals surface area (Å²) in [6.45, 7) is 5.40. The van der Waals surface area contributed by atoms with E-state index in [2.05, 4.69) is 6.92 Å². The molecule has 0 aliphatic carbocycles. The number of sulfonamides is 1. The Hall–Kier alpha value is 0.200. The van der Waals surface area contributed by atoms with Crippen molar-refractivity contribution in [1.82, 2.24) is 4.31 Å². The van der Waals surface area contributed by atoms with Gasteiger partial charge in [-0.2, -0.15) is 0 Å². The van der Waals surface area contributed by atoms with Crippen molar-refractivity contribution >= 4 is 21.6 Å². The molecule has 0 saturated carbocycles. The average Bonchev–Trinajstić information content (AvgIpc) is 2.28. The highest BCUT2D eigenvalue weighted by atomic mass is 35.5. The van der Waals surface area contributed by atoms with Crippen LogP contribution in [0.2, 0.25) is 0 Å². The predicted octanol–water partition coefficient (Wildman–Crippen LogP) is 2.31. The summed E-state index contributed by atoms with van der Waals surface area (Å²) in [6.07, 6.45) is 3.22. The summed E-state index contributed by atoms with van der Waals surface area (Å²) in [5, 5.41) is 0. The molecule has 2 atom stereocenters. The van der Waals surface area contributed by atoms with Gasteiger partial charge in [0.05, 0.1) is 5.75 Å². The lowest BCUT2D eigenvalue weighted by atomic mass is 9.97. The number of halogens is 1. The summed E-state index contributed by atoms with van der Waals surface area (Å²) >= 11 is 5.67. The van der Waals surface area contributed by atoms with Crippen molar-refractivity contribution in [2.75, 3.05) is 24.7 Å². The Morgan fingerprint density at radius 2 is 2.19 bits per heavy atom. The molecule has 1 saturated heterocycles. The van der Waals surface area contributed by atoms with Crippen LogP contribution in [0.15, 0.2) is 0 Å². The minimum absolute atomic E-state index is 0.0358. The number of hydrogen-bond acceptors (Lipinski definition) is 2. The topological polar surface area (TPSA) is 37.4 Å². The van der Waals surface area contributed by atoms with Gasteiger partial charge in [-0.15, -0.1) is 11.6 Å². The Morgan fingerprint density at radius 1 is 1.50 bits per heavy atom. The second-order valence-corrected chi connectivity index (χ2v) is 7.13. The van der Waals surface area contributed by atoms with Crippen LogP contribution in [0, 0.1) is 11.8 Å². The summed E-state index contributed by atoms with van der Waals surface area (Å²) < 4.78 is 25.8. The molecule has 0 radical (unpaired) electrons. The Labute approximate surface area is 104 Å². The molecular formula is C11H22ClNO2S. The Kier molecular flexibility index (Phi) is 5.54. The first-order valence-corrected chi connectivity index (χ1v) is 8.17. The van der Waals surface area contributed by atoms with Gasteiger partial charge in [0.15, 0.2) is 0 Å². The van der Waals surface area contributed by atoms with Gasteiger partial charge in [-0.3, -0.25) is 0 Å². The van der Waals surface area contributed by atoms with E-state index in [0.29, 0.717) is 24.9 Å². The molecule has 2 unspecified atom stereocenters. The molecule has 0 aromatic carbocycles. The third-order valence-electron chi connectivity index (χ3n) is 3.21. The summed E-state index contributed by atoms with van der Waals surface area (Å²) in [5.74, 6) is 1.17. The molecule has 0 N–H and O–H groups in total. The quantitative estimate of drug-likeness (QED) is 0.717. The van der Waals surface area contributed by atoms with E-state index in [1.165, 1.54) is 0 Å². The van der Waals surface area contributed by atoms with E-state index in [-0.39, 0.29) is 11.7 Å². The molecule has 0 spiro atoms. The van der Waals surface area contributed by atoms with E-state index in [1.807, 2.05) is 6.92 Å². The van der Waals surface area contributed by atoms with Crippen molar-refractivity contribution < 1.29 is 8.42 Å². The van der Waals surface area contributed by atoms with Crippen LogP contribution in [-0.2, 0) is 10.0 Å². The number of alkyl halides is 1. The molecular weight excluding hydrogens is 246 g/mol. The zero-order valence-electron chi connectivity index (χ0n) is 10.2. The highest BCUT2D eigenvalue weighted by molar-refractivity contribution is 7.89. The maximum Gasteiger partial charge on any atom is 0.214 e. The number of rotatable bonds is 5.